The topological polar surface area (TPSA) is 55.4 Å². The van der Waals surface area contributed by atoms with Crippen molar-refractivity contribution in [1.29, 1.82) is 0 Å². The molecule has 0 spiro atoms. The van der Waals surface area contributed by atoms with Crippen molar-refractivity contribution in [3.8, 4) is 23.0 Å². The van der Waals surface area contributed by atoms with Crippen molar-refractivity contribution in [3.63, 3.8) is 0 Å². The highest BCUT2D eigenvalue weighted by molar-refractivity contribution is 7.95. The van der Waals surface area contributed by atoms with Crippen molar-refractivity contribution in [2.45, 2.75) is 12.3 Å². The van der Waals surface area contributed by atoms with Crippen molar-refractivity contribution in [2.24, 2.45) is 0 Å². The van der Waals surface area contributed by atoms with E-state index < -0.39 is 14.5 Å². The summed E-state index contributed by atoms with van der Waals surface area (Å²) in [4.78, 5) is 0. The summed E-state index contributed by atoms with van der Waals surface area (Å²) >= 11 is 0. The molecule has 8 aromatic rings. The van der Waals surface area contributed by atoms with Gasteiger partial charge in [-0.2, -0.15) is 0 Å². The highest BCUT2D eigenvalue weighted by Gasteiger charge is 2.47. The molecule has 1 aliphatic heterocycles. The summed E-state index contributed by atoms with van der Waals surface area (Å²) in [7, 11) is -4.46. The van der Waals surface area contributed by atoms with Gasteiger partial charge in [0.2, 0.25) is 0 Å². The second-order valence-corrected chi connectivity index (χ2v) is 23.1. The summed E-state index contributed by atoms with van der Waals surface area (Å²) in [6, 6.07) is 78.2. The van der Waals surface area contributed by atoms with Gasteiger partial charge in [0, 0.05) is 12.1 Å². The summed E-state index contributed by atoms with van der Waals surface area (Å²) in [5, 5.41) is 7.64. The van der Waals surface area contributed by atoms with Crippen LogP contribution in [-0.2, 0) is 21.8 Å². The van der Waals surface area contributed by atoms with Crippen molar-refractivity contribution < 1.29 is 62.4 Å². The van der Waals surface area contributed by atoms with E-state index in [9.17, 15) is 0 Å². The lowest BCUT2D eigenvalue weighted by molar-refractivity contribution is -0.00100. The van der Waals surface area contributed by atoms with Crippen LogP contribution in [0, 0.1) is 0 Å². The van der Waals surface area contributed by atoms with Crippen LogP contribution in [0.4, 0.5) is 0 Å². The van der Waals surface area contributed by atoms with Gasteiger partial charge in [-0.05, 0) is 83.9 Å². The molecule has 348 valence electrons. The Bertz CT molecular complexity index is 2450. The average molecular weight is 1070 g/mol. The monoisotopic (exact) mass is 1070 g/mol. The number of benzene rings is 8. The normalized spacial score (nSPS) is 13.6. The van der Waals surface area contributed by atoms with Crippen LogP contribution in [0.5, 0.6) is 23.0 Å². The van der Waals surface area contributed by atoms with Crippen LogP contribution in [0.1, 0.15) is 11.1 Å². The highest BCUT2D eigenvalue weighted by Crippen LogP contribution is 2.60. The smallest absolute Gasteiger partial charge is 0.165 e. The van der Waals surface area contributed by atoms with Gasteiger partial charge >= 0.3 is 0 Å². The average Bonchev–Trinajstić information content (AvgIpc) is 3.38. The molecular formula is C58H56Br2O6P2. The Morgan fingerprint density at radius 2 is 0.529 bits per heavy atom. The van der Waals surface area contributed by atoms with E-state index in [0.717, 1.165) is 12.3 Å². The summed E-state index contributed by atoms with van der Waals surface area (Å²) < 4.78 is 38.3. The first kappa shape index (κ1) is 50.6. The molecule has 1 heterocycles. The first-order valence-electron chi connectivity index (χ1n) is 22.7. The number of fused-ring (bicyclic) bond motifs is 2. The summed E-state index contributed by atoms with van der Waals surface area (Å²) in [5.41, 5.74) is 2.57. The second kappa shape index (κ2) is 25.3. The number of rotatable bonds is 10. The maximum atomic E-state index is 6.60. The lowest BCUT2D eigenvalue weighted by Gasteiger charge is -2.28. The third-order valence-corrected chi connectivity index (χ3v) is 20.7. The number of hydrogen-bond donors (Lipinski definition) is 0. The van der Waals surface area contributed by atoms with Gasteiger partial charge in [-0.15, -0.1) is 0 Å². The maximum Gasteiger partial charge on any atom is 0.165 e. The Labute approximate surface area is 423 Å². The molecule has 0 bridgehead atoms. The molecule has 0 amide bonds. The van der Waals surface area contributed by atoms with E-state index in [1.807, 2.05) is 0 Å². The maximum absolute atomic E-state index is 6.60. The third kappa shape index (κ3) is 11.9. The summed E-state index contributed by atoms with van der Waals surface area (Å²) in [6.45, 7) is 2.88. The van der Waals surface area contributed by atoms with Crippen molar-refractivity contribution in [1.82, 2.24) is 0 Å². The van der Waals surface area contributed by atoms with E-state index in [0.29, 0.717) is 75.9 Å². The first-order chi connectivity index (χ1) is 32.7. The van der Waals surface area contributed by atoms with Crippen molar-refractivity contribution in [2.75, 3.05) is 52.9 Å². The van der Waals surface area contributed by atoms with Gasteiger partial charge in [0.05, 0.1) is 38.8 Å². The molecule has 1 aliphatic rings. The molecule has 0 unspecified atom stereocenters. The second-order valence-electron chi connectivity index (χ2n) is 16.1. The van der Waals surface area contributed by atoms with Crippen LogP contribution in [-0.4, -0.2) is 52.9 Å². The molecule has 0 radical (unpaired) electrons. The fraction of sp³-hybridized carbons (Fsp3) is 0.172. The molecule has 0 N–H and O–H groups in total. The van der Waals surface area contributed by atoms with E-state index in [4.69, 9.17) is 28.4 Å². The van der Waals surface area contributed by atoms with E-state index in [1.165, 1.54) is 43.0 Å². The molecule has 10 heteroatoms. The molecule has 0 atom stereocenters. The minimum atomic E-state index is -2.23. The van der Waals surface area contributed by atoms with E-state index >= 15 is 0 Å². The minimum absolute atomic E-state index is 0. The van der Waals surface area contributed by atoms with Crippen LogP contribution in [0.15, 0.2) is 218 Å². The van der Waals surface area contributed by atoms with Gasteiger partial charge in [-0.3, -0.25) is 0 Å². The first-order valence-corrected chi connectivity index (χ1v) is 26.7. The molecule has 0 aromatic heterocycles. The number of hydrogen-bond acceptors (Lipinski definition) is 6. The lowest BCUT2D eigenvalue weighted by Crippen LogP contribution is -3.00. The largest absolute Gasteiger partial charge is 1.00 e. The Kier molecular flexibility index (Phi) is 18.9. The predicted octanol–water partition coefficient (Wildman–Crippen LogP) is 3.95. The molecule has 0 saturated heterocycles. The Morgan fingerprint density at radius 3 is 0.824 bits per heavy atom. The predicted molar refractivity (Wildman–Crippen MR) is 274 cm³/mol. The van der Waals surface area contributed by atoms with E-state index in [2.05, 4.69) is 218 Å². The third-order valence-electron chi connectivity index (χ3n) is 12.0. The van der Waals surface area contributed by atoms with Gasteiger partial charge < -0.3 is 62.4 Å². The highest BCUT2D eigenvalue weighted by atomic mass is 79.9. The van der Waals surface area contributed by atoms with Crippen LogP contribution in [0.25, 0.3) is 0 Å². The Balaban J connectivity index is 0.00000342. The zero-order valence-electron chi connectivity index (χ0n) is 38.0. The van der Waals surface area contributed by atoms with Gasteiger partial charge in [0.1, 0.15) is 72.8 Å². The molecule has 6 nitrogen and oxygen atoms in total. The number of halogens is 2. The van der Waals surface area contributed by atoms with Crippen LogP contribution < -0.4 is 84.7 Å². The lowest BCUT2D eigenvalue weighted by atomic mass is 10.2. The Morgan fingerprint density at radius 1 is 0.265 bits per heavy atom. The summed E-state index contributed by atoms with van der Waals surface area (Å²) in [5.74, 6) is 2.70. The number of ether oxygens (including phenoxy) is 6. The fourth-order valence-electron chi connectivity index (χ4n) is 8.87. The molecule has 0 saturated carbocycles. The zero-order valence-corrected chi connectivity index (χ0v) is 42.9. The molecule has 8 aromatic carbocycles. The Hall–Kier alpha value is -5.30. The molecular weight excluding hydrogens is 1010 g/mol. The van der Waals surface area contributed by atoms with Gasteiger partial charge in [-0.25, -0.2) is 0 Å². The zero-order chi connectivity index (χ0) is 44.7. The molecule has 68 heavy (non-hydrogen) atoms. The van der Waals surface area contributed by atoms with Gasteiger partial charge in [-0.1, -0.05) is 133 Å². The minimum Gasteiger partial charge on any atom is -1.00 e. The van der Waals surface area contributed by atoms with E-state index in [1.54, 1.807) is 0 Å². The quantitative estimate of drug-likeness (QED) is 0.194. The standard InChI is InChI=1S/C58H56O6P2.2BrH/c1-7-19-47(20-8-1)45-65(49-23-11-3-12-24-49,50-25-13-4-14-26-50)53-31-33-55-57(43-53)63-41-37-60-38-42-64-58-44-54(32-34-56(58)62-40-36-59-35-39-61-55)66(51-27-15-5-16-28-51,52-29-17-6-18-30-52)46-48-21-9-2-10-22-48;;/h1-34,43-44H,35-42,45-46H2;2*1H/q+2;;/p-2. The van der Waals surface area contributed by atoms with Crippen LogP contribution in [0.2, 0.25) is 0 Å². The van der Waals surface area contributed by atoms with Gasteiger partial charge in [0.25, 0.3) is 0 Å². The van der Waals surface area contributed by atoms with E-state index in [-0.39, 0.29) is 34.0 Å². The molecule has 0 fully saturated rings. The fourth-order valence-corrected chi connectivity index (χ4v) is 17.3. The van der Waals surface area contributed by atoms with Crippen LogP contribution in [0.3, 0.4) is 0 Å². The van der Waals surface area contributed by atoms with Crippen molar-refractivity contribution in [3.05, 3.63) is 230 Å². The molecule has 9 rings (SSSR count). The van der Waals surface area contributed by atoms with Gasteiger partial charge in [0.15, 0.2) is 23.0 Å². The summed E-state index contributed by atoms with van der Waals surface area (Å²) in [6.07, 6.45) is 1.72. The molecule has 0 aliphatic carbocycles. The SMILES string of the molecule is [Br-].[Br-].c1ccc(C[P+](c2ccccc2)(c2ccccc2)c2ccc3c(c2)OCCOCCOc2cc([P+](Cc4ccccc4)(c4ccccc4)c4ccccc4)ccc2OCCOCCO3)cc1. The van der Waals surface area contributed by atoms with Crippen LogP contribution >= 0.6 is 14.5 Å². The van der Waals surface area contributed by atoms with Crippen molar-refractivity contribution >= 4 is 46.4 Å².